The number of carbonyl (C=O) groups is 1. The van der Waals surface area contributed by atoms with Crippen LogP contribution in [0.15, 0.2) is 4.99 Å². The lowest BCUT2D eigenvalue weighted by Crippen LogP contribution is -2.34. The van der Waals surface area contributed by atoms with Crippen LogP contribution in [0, 0.1) is 0 Å². The standard InChI is InChI=1S/C9H17N3OS/c1-6(4-8(13)10-3)12-9-11-5-7(2)14-9/h6-7H,4-5H2,1-3H3,(H,10,13)(H,11,12). The van der Waals surface area contributed by atoms with E-state index in [0.717, 1.165) is 11.7 Å². The minimum Gasteiger partial charge on any atom is -0.362 e. The summed E-state index contributed by atoms with van der Waals surface area (Å²) in [6, 6.07) is 0.145. The highest BCUT2D eigenvalue weighted by Gasteiger charge is 2.17. The Labute approximate surface area is 88.9 Å². The van der Waals surface area contributed by atoms with E-state index in [1.54, 1.807) is 18.8 Å². The molecule has 0 bridgehead atoms. The molecule has 0 saturated carbocycles. The Bertz CT molecular complexity index is 242. The summed E-state index contributed by atoms with van der Waals surface area (Å²) in [6.45, 7) is 5.01. The lowest BCUT2D eigenvalue weighted by atomic mass is 10.2. The van der Waals surface area contributed by atoms with Crippen molar-refractivity contribution in [2.45, 2.75) is 31.6 Å². The normalized spacial score (nSPS) is 22.8. The van der Waals surface area contributed by atoms with Crippen molar-refractivity contribution in [3.63, 3.8) is 0 Å². The molecule has 14 heavy (non-hydrogen) atoms. The van der Waals surface area contributed by atoms with Gasteiger partial charge in [0.1, 0.15) is 0 Å². The molecule has 0 spiro atoms. The molecule has 1 amide bonds. The van der Waals surface area contributed by atoms with Crippen molar-refractivity contribution in [3.8, 4) is 0 Å². The van der Waals surface area contributed by atoms with Crippen LogP contribution in [0.2, 0.25) is 0 Å². The van der Waals surface area contributed by atoms with Gasteiger partial charge in [0.05, 0.1) is 6.54 Å². The average Bonchev–Trinajstić information content (AvgIpc) is 2.50. The summed E-state index contributed by atoms with van der Waals surface area (Å²) in [5.74, 6) is 0.0571. The fraction of sp³-hybridized carbons (Fsp3) is 0.778. The zero-order valence-electron chi connectivity index (χ0n) is 8.83. The van der Waals surface area contributed by atoms with Crippen molar-refractivity contribution in [2.75, 3.05) is 13.6 Å². The number of thioether (sulfide) groups is 1. The topological polar surface area (TPSA) is 53.5 Å². The Kier molecular flexibility index (Phi) is 4.25. The molecule has 0 aliphatic carbocycles. The second-order valence-corrected chi connectivity index (χ2v) is 4.92. The van der Waals surface area contributed by atoms with Gasteiger partial charge in [0.15, 0.2) is 5.17 Å². The lowest BCUT2D eigenvalue weighted by molar-refractivity contribution is -0.120. The highest BCUT2D eigenvalue weighted by molar-refractivity contribution is 8.14. The zero-order valence-corrected chi connectivity index (χ0v) is 9.65. The minimum absolute atomic E-state index is 0.0571. The molecule has 2 unspecified atom stereocenters. The third-order valence-electron chi connectivity index (χ3n) is 1.95. The Morgan fingerprint density at radius 2 is 2.50 bits per heavy atom. The molecule has 2 N–H and O–H groups in total. The van der Waals surface area contributed by atoms with Gasteiger partial charge in [-0.3, -0.25) is 9.79 Å². The Morgan fingerprint density at radius 1 is 1.79 bits per heavy atom. The molecular weight excluding hydrogens is 198 g/mol. The zero-order chi connectivity index (χ0) is 10.6. The van der Waals surface area contributed by atoms with Crippen LogP contribution < -0.4 is 10.6 Å². The largest absolute Gasteiger partial charge is 0.362 e. The maximum absolute atomic E-state index is 11.1. The number of nitrogens with zero attached hydrogens (tertiary/aromatic N) is 1. The van der Waals surface area contributed by atoms with Crippen LogP contribution in [-0.4, -0.2) is 36.0 Å². The summed E-state index contributed by atoms with van der Waals surface area (Å²) >= 11 is 1.74. The van der Waals surface area contributed by atoms with Gasteiger partial charge in [-0.1, -0.05) is 18.7 Å². The van der Waals surface area contributed by atoms with E-state index >= 15 is 0 Å². The second-order valence-electron chi connectivity index (χ2n) is 3.50. The Hall–Kier alpha value is -0.710. The van der Waals surface area contributed by atoms with E-state index < -0.39 is 0 Å². The number of amides is 1. The van der Waals surface area contributed by atoms with Gasteiger partial charge in [0.25, 0.3) is 0 Å². The van der Waals surface area contributed by atoms with E-state index in [2.05, 4.69) is 22.5 Å². The van der Waals surface area contributed by atoms with Crippen molar-refractivity contribution >= 4 is 22.8 Å². The molecule has 5 heteroatoms. The van der Waals surface area contributed by atoms with Gasteiger partial charge in [-0.05, 0) is 6.92 Å². The number of nitrogens with one attached hydrogen (secondary N) is 2. The van der Waals surface area contributed by atoms with Crippen LogP contribution in [0.25, 0.3) is 0 Å². The molecule has 80 valence electrons. The molecule has 4 nitrogen and oxygen atoms in total. The van der Waals surface area contributed by atoms with Crippen molar-refractivity contribution in [2.24, 2.45) is 4.99 Å². The van der Waals surface area contributed by atoms with E-state index in [1.165, 1.54) is 0 Å². The fourth-order valence-corrected chi connectivity index (χ4v) is 2.15. The van der Waals surface area contributed by atoms with E-state index in [-0.39, 0.29) is 11.9 Å². The summed E-state index contributed by atoms with van der Waals surface area (Å²) in [4.78, 5) is 15.4. The molecule has 1 heterocycles. The minimum atomic E-state index is 0.0571. The smallest absolute Gasteiger partial charge is 0.221 e. The first-order chi connectivity index (χ1) is 6.61. The van der Waals surface area contributed by atoms with Crippen LogP contribution in [0.4, 0.5) is 0 Å². The molecule has 2 atom stereocenters. The van der Waals surface area contributed by atoms with Crippen molar-refractivity contribution in [1.82, 2.24) is 10.6 Å². The average molecular weight is 215 g/mol. The van der Waals surface area contributed by atoms with Crippen LogP contribution in [0.1, 0.15) is 20.3 Å². The maximum Gasteiger partial charge on any atom is 0.221 e. The molecule has 1 aliphatic rings. The maximum atomic E-state index is 11.1. The molecule has 0 aromatic heterocycles. The molecule has 0 aromatic rings. The fourth-order valence-electron chi connectivity index (χ4n) is 1.20. The number of hydrogen-bond donors (Lipinski definition) is 2. The molecule has 1 aliphatic heterocycles. The first-order valence-corrected chi connectivity index (χ1v) is 5.68. The van der Waals surface area contributed by atoms with E-state index in [1.807, 2.05) is 6.92 Å². The second kappa shape index (κ2) is 5.24. The van der Waals surface area contributed by atoms with Gasteiger partial charge in [-0.2, -0.15) is 0 Å². The van der Waals surface area contributed by atoms with Crippen LogP contribution >= 0.6 is 11.8 Å². The molecule has 0 radical (unpaired) electrons. The third kappa shape index (κ3) is 3.57. The van der Waals surface area contributed by atoms with Crippen molar-refractivity contribution in [1.29, 1.82) is 0 Å². The first kappa shape index (κ1) is 11.4. The van der Waals surface area contributed by atoms with Gasteiger partial charge in [0.2, 0.25) is 5.91 Å². The summed E-state index contributed by atoms with van der Waals surface area (Å²) in [5.41, 5.74) is 0. The van der Waals surface area contributed by atoms with Crippen molar-refractivity contribution < 1.29 is 4.79 Å². The van der Waals surface area contributed by atoms with Crippen LogP contribution in [0.5, 0.6) is 0 Å². The molecular formula is C9H17N3OS. The predicted octanol–water partition coefficient (Wildman–Crippen LogP) is 0.592. The van der Waals surface area contributed by atoms with Gasteiger partial charge in [0, 0.05) is 24.8 Å². The third-order valence-corrected chi connectivity index (χ3v) is 2.97. The quantitative estimate of drug-likeness (QED) is 0.724. The number of hydrogen-bond acceptors (Lipinski definition) is 4. The molecule has 0 saturated heterocycles. The highest BCUT2D eigenvalue weighted by atomic mass is 32.2. The number of aliphatic imine (C=N–C) groups is 1. The van der Waals surface area contributed by atoms with Crippen molar-refractivity contribution in [3.05, 3.63) is 0 Å². The van der Waals surface area contributed by atoms with E-state index in [0.29, 0.717) is 11.7 Å². The summed E-state index contributed by atoms with van der Waals surface area (Å²) in [6.07, 6.45) is 0.491. The molecule has 1 rings (SSSR count). The van der Waals surface area contributed by atoms with Crippen LogP contribution in [-0.2, 0) is 4.79 Å². The van der Waals surface area contributed by atoms with Gasteiger partial charge in [-0.15, -0.1) is 0 Å². The van der Waals surface area contributed by atoms with E-state index in [4.69, 9.17) is 0 Å². The summed E-state index contributed by atoms with van der Waals surface area (Å²) in [5, 5.41) is 7.36. The number of rotatable bonds is 3. The number of carbonyl (C=O) groups excluding carboxylic acids is 1. The number of amidine groups is 1. The van der Waals surface area contributed by atoms with Crippen LogP contribution in [0.3, 0.4) is 0 Å². The Balaban J connectivity index is 2.27. The first-order valence-electron chi connectivity index (χ1n) is 4.80. The molecule has 0 aromatic carbocycles. The summed E-state index contributed by atoms with van der Waals surface area (Å²) < 4.78 is 0. The molecule has 0 fully saturated rings. The van der Waals surface area contributed by atoms with Gasteiger partial charge >= 0.3 is 0 Å². The predicted molar refractivity (Wildman–Crippen MR) is 60.6 cm³/mol. The van der Waals surface area contributed by atoms with E-state index in [9.17, 15) is 4.79 Å². The highest BCUT2D eigenvalue weighted by Crippen LogP contribution is 2.18. The SMILES string of the molecule is CNC(=O)CC(C)NC1=NCC(C)S1. The Morgan fingerprint density at radius 3 is 3.00 bits per heavy atom. The van der Waals surface area contributed by atoms with Gasteiger partial charge < -0.3 is 10.6 Å². The lowest BCUT2D eigenvalue weighted by Gasteiger charge is -2.13. The summed E-state index contributed by atoms with van der Waals surface area (Å²) in [7, 11) is 1.65. The van der Waals surface area contributed by atoms with Gasteiger partial charge in [-0.25, -0.2) is 0 Å². The monoisotopic (exact) mass is 215 g/mol.